The highest BCUT2D eigenvalue weighted by molar-refractivity contribution is 7.89. The van der Waals surface area contributed by atoms with Gasteiger partial charge in [0, 0.05) is 45.2 Å². The van der Waals surface area contributed by atoms with E-state index in [4.69, 9.17) is 19.2 Å². The van der Waals surface area contributed by atoms with Gasteiger partial charge in [-0.1, -0.05) is 11.3 Å². The van der Waals surface area contributed by atoms with E-state index < -0.39 is 10.0 Å². The number of nitrogens with zero attached hydrogens (tertiary/aromatic N) is 4. The number of ether oxygens (including phenoxy) is 3. The van der Waals surface area contributed by atoms with Crippen molar-refractivity contribution in [3.63, 3.8) is 0 Å². The molecule has 0 saturated carbocycles. The highest BCUT2D eigenvalue weighted by atomic mass is 32.2. The van der Waals surface area contributed by atoms with Crippen LogP contribution in [0.2, 0.25) is 0 Å². The van der Waals surface area contributed by atoms with Crippen molar-refractivity contribution < 1.29 is 27.4 Å². The Morgan fingerprint density at radius 1 is 1.07 bits per heavy atom. The van der Waals surface area contributed by atoms with Gasteiger partial charge in [-0.15, -0.1) is 0 Å². The van der Waals surface area contributed by atoms with Crippen molar-refractivity contribution in [2.24, 2.45) is 5.92 Å². The quantitative estimate of drug-likeness (QED) is 0.326. The van der Waals surface area contributed by atoms with Crippen molar-refractivity contribution >= 4 is 42.6 Å². The SMILES string of the molecule is CCOc1ccc2nc(N(CCCN3CCOCC3)C(=O)C3CCN(S(=O)(=O)c4ccc(OC)cc4)CC3)sc2c1. The standard InChI is InChI=1S/C29H38N4O6S2/c1-3-39-24-7-10-26-27(21-24)40-29(30-26)33(14-4-13-31-17-19-38-20-18-31)28(34)22-11-15-32(16-12-22)41(35,36)25-8-5-23(37-2)6-9-25/h5-10,21-22H,3-4,11-20H2,1-2H3. The Bertz CT molecular complexity index is 1410. The van der Waals surface area contributed by atoms with E-state index in [1.807, 2.05) is 30.0 Å². The number of sulfonamides is 1. The van der Waals surface area contributed by atoms with Crippen LogP contribution in [0, 0.1) is 5.92 Å². The average molecular weight is 603 g/mol. The van der Waals surface area contributed by atoms with Gasteiger partial charge in [0.2, 0.25) is 15.9 Å². The predicted octanol–water partition coefficient (Wildman–Crippen LogP) is 3.86. The molecular formula is C29H38N4O6S2. The van der Waals surface area contributed by atoms with Crippen molar-refractivity contribution in [2.45, 2.75) is 31.1 Å². The fraction of sp³-hybridized carbons (Fsp3) is 0.517. The first kappa shape index (κ1) is 29.7. The van der Waals surface area contributed by atoms with Gasteiger partial charge in [0.05, 0.1) is 42.0 Å². The van der Waals surface area contributed by atoms with Crippen LogP contribution >= 0.6 is 11.3 Å². The summed E-state index contributed by atoms with van der Waals surface area (Å²) in [6, 6.07) is 12.2. The van der Waals surface area contributed by atoms with Gasteiger partial charge in [0.15, 0.2) is 5.13 Å². The summed E-state index contributed by atoms with van der Waals surface area (Å²) < 4.78 is 45.2. The van der Waals surface area contributed by atoms with Crippen LogP contribution in [-0.4, -0.2) is 94.7 Å². The van der Waals surface area contributed by atoms with E-state index in [1.165, 1.54) is 15.6 Å². The van der Waals surface area contributed by atoms with E-state index in [2.05, 4.69) is 4.90 Å². The highest BCUT2D eigenvalue weighted by Crippen LogP contribution is 2.34. The summed E-state index contributed by atoms with van der Waals surface area (Å²) in [5, 5.41) is 0.675. The molecule has 3 aromatic rings. The van der Waals surface area contributed by atoms with E-state index in [0.717, 1.165) is 55.2 Å². The monoisotopic (exact) mass is 602 g/mol. The minimum Gasteiger partial charge on any atom is -0.497 e. The Morgan fingerprint density at radius 3 is 2.46 bits per heavy atom. The average Bonchev–Trinajstić information content (AvgIpc) is 3.43. The van der Waals surface area contributed by atoms with Crippen LogP contribution in [0.4, 0.5) is 5.13 Å². The molecule has 41 heavy (non-hydrogen) atoms. The summed E-state index contributed by atoms with van der Waals surface area (Å²) in [6.45, 7) is 7.83. The summed E-state index contributed by atoms with van der Waals surface area (Å²) in [4.78, 5) is 23.2. The maximum atomic E-state index is 14.0. The summed E-state index contributed by atoms with van der Waals surface area (Å²) in [5.74, 6) is 1.13. The molecule has 0 bridgehead atoms. The van der Waals surface area contributed by atoms with Crippen LogP contribution < -0.4 is 14.4 Å². The van der Waals surface area contributed by atoms with Crippen molar-refractivity contribution in [1.29, 1.82) is 0 Å². The van der Waals surface area contributed by atoms with Gasteiger partial charge in [0.1, 0.15) is 11.5 Å². The summed E-state index contributed by atoms with van der Waals surface area (Å²) >= 11 is 1.49. The molecule has 0 N–H and O–H groups in total. The number of fused-ring (bicyclic) bond motifs is 1. The molecule has 2 aliphatic rings. The second-order valence-electron chi connectivity index (χ2n) is 10.2. The van der Waals surface area contributed by atoms with Gasteiger partial charge in [-0.2, -0.15) is 4.31 Å². The molecular weight excluding hydrogens is 564 g/mol. The van der Waals surface area contributed by atoms with E-state index in [-0.39, 0.29) is 16.7 Å². The lowest BCUT2D eigenvalue weighted by atomic mass is 9.96. The van der Waals surface area contributed by atoms with Crippen molar-refractivity contribution in [3.8, 4) is 11.5 Å². The largest absolute Gasteiger partial charge is 0.497 e. The fourth-order valence-corrected chi connectivity index (χ4v) is 7.80. The number of aromatic nitrogens is 1. The van der Waals surface area contributed by atoms with Gasteiger partial charge in [-0.05, 0) is 68.7 Å². The van der Waals surface area contributed by atoms with Gasteiger partial charge in [-0.3, -0.25) is 14.6 Å². The molecule has 0 unspecified atom stereocenters. The second-order valence-corrected chi connectivity index (χ2v) is 13.2. The Labute approximate surface area is 245 Å². The Hall–Kier alpha value is -2.77. The predicted molar refractivity (Wildman–Crippen MR) is 159 cm³/mol. The lowest BCUT2D eigenvalue weighted by Crippen LogP contribution is -2.45. The summed E-state index contributed by atoms with van der Waals surface area (Å²) in [6.07, 6.45) is 1.75. The van der Waals surface area contributed by atoms with E-state index in [0.29, 0.717) is 50.0 Å². The van der Waals surface area contributed by atoms with E-state index in [1.54, 1.807) is 31.4 Å². The van der Waals surface area contributed by atoms with Crippen LogP contribution in [0.5, 0.6) is 11.5 Å². The minimum absolute atomic E-state index is 0.0116. The number of carbonyl (C=O) groups excluding carboxylic acids is 1. The molecule has 2 saturated heterocycles. The van der Waals surface area contributed by atoms with Gasteiger partial charge >= 0.3 is 0 Å². The van der Waals surface area contributed by atoms with E-state index in [9.17, 15) is 13.2 Å². The third-order valence-electron chi connectivity index (χ3n) is 7.62. The topological polar surface area (TPSA) is 102 Å². The number of rotatable bonds is 11. The zero-order chi connectivity index (χ0) is 28.8. The molecule has 0 spiro atoms. The number of carbonyl (C=O) groups is 1. The van der Waals surface area contributed by atoms with Crippen LogP contribution in [0.1, 0.15) is 26.2 Å². The molecule has 2 aromatic carbocycles. The molecule has 1 amide bonds. The summed E-state index contributed by atoms with van der Waals surface area (Å²) in [7, 11) is -2.10. The molecule has 0 radical (unpaired) electrons. The first-order valence-corrected chi connectivity index (χ1v) is 16.4. The van der Waals surface area contributed by atoms with Gasteiger partial charge in [0.25, 0.3) is 0 Å². The number of morpholine rings is 1. The number of thiazole rings is 1. The lowest BCUT2D eigenvalue weighted by molar-refractivity contribution is -0.123. The third kappa shape index (κ3) is 7.00. The van der Waals surface area contributed by atoms with Crippen LogP contribution in [0.25, 0.3) is 10.2 Å². The van der Waals surface area contributed by atoms with Crippen molar-refractivity contribution in [2.75, 3.05) is 71.1 Å². The highest BCUT2D eigenvalue weighted by Gasteiger charge is 2.35. The minimum atomic E-state index is -3.65. The van der Waals surface area contributed by atoms with E-state index >= 15 is 0 Å². The molecule has 5 rings (SSSR count). The first-order chi connectivity index (χ1) is 19.9. The molecule has 2 aliphatic heterocycles. The summed E-state index contributed by atoms with van der Waals surface area (Å²) in [5.41, 5.74) is 0.833. The number of benzene rings is 2. The molecule has 3 heterocycles. The maximum Gasteiger partial charge on any atom is 0.243 e. The number of hydrogen-bond donors (Lipinski definition) is 0. The lowest BCUT2D eigenvalue weighted by Gasteiger charge is -2.33. The van der Waals surface area contributed by atoms with Crippen LogP contribution in [0.15, 0.2) is 47.4 Å². The second kappa shape index (κ2) is 13.5. The van der Waals surface area contributed by atoms with Crippen molar-refractivity contribution in [3.05, 3.63) is 42.5 Å². The molecule has 1 aromatic heterocycles. The number of amides is 1. The number of piperidine rings is 1. The molecule has 12 heteroatoms. The Morgan fingerprint density at radius 2 is 1.78 bits per heavy atom. The molecule has 222 valence electrons. The van der Waals surface area contributed by atoms with Crippen molar-refractivity contribution in [1.82, 2.24) is 14.2 Å². The first-order valence-electron chi connectivity index (χ1n) is 14.2. The third-order valence-corrected chi connectivity index (χ3v) is 10.6. The Balaban J connectivity index is 1.29. The molecule has 0 aliphatic carbocycles. The number of anilines is 1. The van der Waals surface area contributed by atoms with Gasteiger partial charge in [-0.25, -0.2) is 13.4 Å². The molecule has 0 atom stereocenters. The zero-order valence-corrected chi connectivity index (χ0v) is 25.3. The van der Waals surface area contributed by atoms with Gasteiger partial charge < -0.3 is 14.2 Å². The fourth-order valence-electron chi connectivity index (χ4n) is 5.30. The number of methoxy groups -OCH3 is 1. The molecule has 2 fully saturated rings. The normalized spacial score (nSPS) is 17.5. The number of hydrogen-bond acceptors (Lipinski definition) is 9. The van der Waals surface area contributed by atoms with Crippen LogP contribution in [-0.2, 0) is 19.6 Å². The zero-order valence-electron chi connectivity index (χ0n) is 23.7. The maximum absolute atomic E-state index is 14.0. The Kier molecular flexibility index (Phi) is 9.76. The van der Waals surface area contributed by atoms with Crippen LogP contribution in [0.3, 0.4) is 0 Å². The smallest absolute Gasteiger partial charge is 0.243 e. The molecule has 10 nitrogen and oxygen atoms in total.